The van der Waals surface area contributed by atoms with Crippen molar-refractivity contribution in [2.75, 3.05) is 19.8 Å². The Morgan fingerprint density at radius 1 is 1.29 bits per heavy atom. The standard InChI is InChI=1S/C13H24N2O2/c1-10(12-4-2-3-7-14-12)15-13(16)11-5-8-17-9-6-11/h10-12,14H,2-9H2,1H3,(H,15,16). The number of hydrogen-bond acceptors (Lipinski definition) is 3. The normalized spacial score (nSPS) is 28.6. The van der Waals surface area contributed by atoms with E-state index in [1.54, 1.807) is 0 Å². The van der Waals surface area contributed by atoms with Gasteiger partial charge in [-0.15, -0.1) is 0 Å². The van der Waals surface area contributed by atoms with Gasteiger partial charge >= 0.3 is 0 Å². The molecule has 0 radical (unpaired) electrons. The fraction of sp³-hybridized carbons (Fsp3) is 0.923. The van der Waals surface area contributed by atoms with E-state index in [0.717, 1.165) is 32.6 Å². The summed E-state index contributed by atoms with van der Waals surface area (Å²) in [5.74, 6) is 0.378. The van der Waals surface area contributed by atoms with E-state index in [1.807, 2.05) is 0 Å². The fourth-order valence-corrected chi connectivity index (χ4v) is 2.71. The minimum absolute atomic E-state index is 0.162. The van der Waals surface area contributed by atoms with Crippen LogP contribution in [-0.4, -0.2) is 37.7 Å². The van der Waals surface area contributed by atoms with Crippen LogP contribution in [-0.2, 0) is 9.53 Å². The van der Waals surface area contributed by atoms with Crippen molar-refractivity contribution in [3.63, 3.8) is 0 Å². The third-order valence-corrected chi connectivity index (χ3v) is 3.91. The number of amides is 1. The second kappa shape index (κ2) is 6.36. The smallest absolute Gasteiger partial charge is 0.223 e. The van der Waals surface area contributed by atoms with E-state index in [4.69, 9.17) is 4.74 Å². The van der Waals surface area contributed by atoms with Crippen LogP contribution < -0.4 is 10.6 Å². The summed E-state index contributed by atoms with van der Waals surface area (Å²) in [5, 5.41) is 6.65. The van der Waals surface area contributed by atoms with Gasteiger partial charge < -0.3 is 15.4 Å². The molecule has 0 aliphatic carbocycles. The Morgan fingerprint density at radius 3 is 2.71 bits per heavy atom. The third kappa shape index (κ3) is 3.68. The van der Waals surface area contributed by atoms with E-state index in [2.05, 4.69) is 17.6 Å². The summed E-state index contributed by atoms with van der Waals surface area (Å²) in [4.78, 5) is 12.1. The zero-order valence-electron chi connectivity index (χ0n) is 10.7. The van der Waals surface area contributed by atoms with Crippen LogP contribution in [0.4, 0.5) is 0 Å². The number of nitrogens with one attached hydrogen (secondary N) is 2. The van der Waals surface area contributed by atoms with Gasteiger partial charge in [0.2, 0.25) is 5.91 Å². The molecule has 2 N–H and O–H groups in total. The molecule has 0 saturated carbocycles. The van der Waals surface area contributed by atoms with Gasteiger partial charge in [-0.25, -0.2) is 0 Å². The van der Waals surface area contributed by atoms with Crippen molar-refractivity contribution in [2.45, 2.75) is 51.1 Å². The van der Waals surface area contributed by atoms with Crippen LogP contribution in [0, 0.1) is 5.92 Å². The monoisotopic (exact) mass is 240 g/mol. The number of carbonyl (C=O) groups excluding carboxylic acids is 1. The number of hydrogen-bond donors (Lipinski definition) is 2. The molecule has 0 aromatic rings. The van der Waals surface area contributed by atoms with Crippen LogP contribution in [0.15, 0.2) is 0 Å². The number of carbonyl (C=O) groups is 1. The van der Waals surface area contributed by atoms with Crippen LogP contribution in [0.1, 0.15) is 39.0 Å². The third-order valence-electron chi connectivity index (χ3n) is 3.91. The van der Waals surface area contributed by atoms with Gasteiger partial charge in [-0.2, -0.15) is 0 Å². The summed E-state index contributed by atoms with van der Waals surface area (Å²) in [6.45, 7) is 4.66. The lowest BCUT2D eigenvalue weighted by atomic mass is 9.96. The molecule has 0 bridgehead atoms. The van der Waals surface area contributed by atoms with Crippen molar-refractivity contribution in [1.29, 1.82) is 0 Å². The highest BCUT2D eigenvalue weighted by Crippen LogP contribution is 2.16. The molecule has 2 fully saturated rings. The second-order valence-electron chi connectivity index (χ2n) is 5.24. The zero-order chi connectivity index (χ0) is 12.1. The Bertz CT molecular complexity index is 246. The molecule has 98 valence electrons. The predicted octanol–water partition coefficient (Wildman–Crippen LogP) is 1.06. The van der Waals surface area contributed by atoms with Gasteiger partial charge in [-0.3, -0.25) is 4.79 Å². The average Bonchev–Trinajstić information content (AvgIpc) is 2.40. The Labute approximate surface area is 103 Å². The quantitative estimate of drug-likeness (QED) is 0.775. The summed E-state index contributed by atoms with van der Waals surface area (Å²) < 4.78 is 5.28. The maximum Gasteiger partial charge on any atom is 0.223 e. The summed E-state index contributed by atoms with van der Waals surface area (Å²) >= 11 is 0. The fourth-order valence-electron chi connectivity index (χ4n) is 2.71. The lowest BCUT2D eigenvalue weighted by Gasteiger charge is -2.31. The van der Waals surface area contributed by atoms with Crippen LogP contribution in [0.25, 0.3) is 0 Å². The van der Waals surface area contributed by atoms with Gasteiger partial charge in [-0.05, 0) is 39.2 Å². The van der Waals surface area contributed by atoms with Crippen molar-refractivity contribution in [3.8, 4) is 0 Å². The molecular formula is C13H24N2O2. The SMILES string of the molecule is CC(NC(=O)C1CCOCC1)C1CCCCN1. The highest BCUT2D eigenvalue weighted by molar-refractivity contribution is 5.79. The molecule has 2 aliphatic heterocycles. The first-order valence-electron chi connectivity index (χ1n) is 6.89. The molecule has 4 heteroatoms. The van der Waals surface area contributed by atoms with Gasteiger partial charge in [0.1, 0.15) is 0 Å². The maximum atomic E-state index is 12.1. The first-order valence-corrected chi connectivity index (χ1v) is 6.89. The van der Waals surface area contributed by atoms with Crippen LogP contribution in [0.3, 0.4) is 0 Å². The minimum Gasteiger partial charge on any atom is -0.381 e. The predicted molar refractivity (Wildman–Crippen MR) is 66.8 cm³/mol. The van der Waals surface area contributed by atoms with Crippen molar-refractivity contribution < 1.29 is 9.53 Å². The zero-order valence-corrected chi connectivity index (χ0v) is 10.7. The first kappa shape index (κ1) is 12.8. The maximum absolute atomic E-state index is 12.1. The summed E-state index contributed by atoms with van der Waals surface area (Å²) in [6.07, 6.45) is 5.45. The van der Waals surface area contributed by atoms with Gasteiger partial charge in [0.15, 0.2) is 0 Å². The molecule has 2 rings (SSSR count). The average molecular weight is 240 g/mol. The molecule has 0 spiro atoms. The Balaban J connectivity index is 1.76. The second-order valence-corrected chi connectivity index (χ2v) is 5.24. The molecular weight excluding hydrogens is 216 g/mol. The van der Waals surface area contributed by atoms with E-state index < -0.39 is 0 Å². The lowest BCUT2D eigenvalue weighted by Crippen LogP contribution is -2.51. The largest absolute Gasteiger partial charge is 0.381 e. The highest BCUT2D eigenvalue weighted by Gasteiger charge is 2.26. The van der Waals surface area contributed by atoms with Crippen LogP contribution >= 0.6 is 0 Å². The lowest BCUT2D eigenvalue weighted by molar-refractivity contribution is -0.128. The van der Waals surface area contributed by atoms with Gasteiger partial charge in [0.25, 0.3) is 0 Å². The highest BCUT2D eigenvalue weighted by atomic mass is 16.5. The van der Waals surface area contributed by atoms with Crippen molar-refractivity contribution in [2.24, 2.45) is 5.92 Å². The molecule has 1 amide bonds. The Hall–Kier alpha value is -0.610. The molecule has 0 aromatic carbocycles. The molecule has 0 aromatic heterocycles. The first-order chi connectivity index (χ1) is 8.27. The molecule has 2 saturated heterocycles. The molecule has 2 unspecified atom stereocenters. The van der Waals surface area contributed by atoms with E-state index in [0.29, 0.717) is 6.04 Å². The van der Waals surface area contributed by atoms with E-state index in [1.165, 1.54) is 19.3 Å². The Kier molecular flexibility index (Phi) is 4.80. The van der Waals surface area contributed by atoms with Crippen LogP contribution in [0.2, 0.25) is 0 Å². The molecule has 2 aliphatic rings. The van der Waals surface area contributed by atoms with Crippen molar-refractivity contribution in [3.05, 3.63) is 0 Å². The Morgan fingerprint density at radius 2 is 2.06 bits per heavy atom. The summed E-state index contributed by atoms with van der Waals surface area (Å²) in [7, 11) is 0. The molecule has 4 nitrogen and oxygen atoms in total. The minimum atomic E-state index is 0.162. The number of ether oxygens (including phenoxy) is 1. The van der Waals surface area contributed by atoms with Gasteiger partial charge in [0, 0.05) is 31.2 Å². The van der Waals surface area contributed by atoms with Crippen molar-refractivity contribution in [1.82, 2.24) is 10.6 Å². The molecule has 17 heavy (non-hydrogen) atoms. The summed E-state index contributed by atoms with van der Waals surface area (Å²) in [5.41, 5.74) is 0. The van der Waals surface area contributed by atoms with Crippen molar-refractivity contribution >= 4 is 5.91 Å². The van der Waals surface area contributed by atoms with E-state index in [-0.39, 0.29) is 17.9 Å². The summed E-state index contributed by atoms with van der Waals surface area (Å²) in [6, 6.07) is 0.693. The topological polar surface area (TPSA) is 50.4 Å². The van der Waals surface area contributed by atoms with E-state index in [9.17, 15) is 4.79 Å². The molecule has 2 heterocycles. The number of rotatable bonds is 3. The van der Waals surface area contributed by atoms with E-state index >= 15 is 0 Å². The number of piperidine rings is 1. The van der Waals surface area contributed by atoms with Gasteiger partial charge in [-0.1, -0.05) is 6.42 Å². The van der Waals surface area contributed by atoms with Crippen LogP contribution in [0.5, 0.6) is 0 Å². The van der Waals surface area contributed by atoms with Gasteiger partial charge in [0.05, 0.1) is 0 Å². The molecule has 2 atom stereocenters.